The van der Waals surface area contributed by atoms with Gasteiger partial charge in [-0.15, -0.1) is 11.3 Å². The molecule has 94 valence electrons. The van der Waals surface area contributed by atoms with Gasteiger partial charge in [-0.05, 0) is 28.7 Å². The van der Waals surface area contributed by atoms with Gasteiger partial charge in [0.1, 0.15) is 4.88 Å². The van der Waals surface area contributed by atoms with Gasteiger partial charge in [0.15, 0.2) is 0 Å². The summed E-state index contributed by atoms with van der Waals surface area (Å²) < 4.78 is 3.29. The SMILES string of the molecule is COC(=O)c1sc(I)cc1NC(=O)C(Cl)(Cl)Cl. The van der Waals surface area contributed by atoms with Crippen molar-refractivity contribution in [1.29, 1.82) is 0 Å². The Morgan fingerprint density at radius 3 is 2.53 bits per heavy atom. The minimum atomic E-state index is -2.08. The Hall–Kier alpha value is 0.240. The molecular weight excluding hydrogens is 423 g/mol. The normalized spacial score (nSPS) is 11.1. The Morgan fingerprint density at radius 1 is 1.47 bits per heavy atom. The van der Waals surface area contributed by atoms with Gasteiger partial charge in [0.05, 0.1) is 15.7 Å². The average Bonchev–Trinajstić information content (AvgIpc) is 2.57. The van der Waals surface area contributed by atoms with Crippen LogP contribution in [-0.4, -0.2) is 22.8 Å². The Bertz CT molecular complexity index is 457. The number of ether oxygens (including phenoxy) is 1. The number of nitrogens with one attached hydrogen (secondary N) is 1. The zero-order valence-corrected chi connectivity index (χ0v) is 13.5. The molecule has 0 bridgehead atoms. The molecule has 0 fully saturated rings. The summed E-state index contributed by atoms with van der Waals surface area (Å²) in [6, 6.07) is 1.59. The van der Waals surface area contributed by atoms with Gasteiger partial charge in [-0.3, -0.25) is 4.79 Å². The maximum atomic E-state index is 11.4. The number of hydrogen-bond acceptors (Lipinski definition) is 4. The second kappa shape index (κ2) is 5.92. The first kappa shape index (κ1) is 15.3. The van der Waals surface area contributed by atoms with E-state index >= 15 is 0 Å². The Balaban J connectivity index is 2.99. The highest BCUT2D eigenvalue weighted by Crippen LogP contribution is 2.32. The average molecular weight is 428 g/mol. The van der Waals surface area contributed by atoms with E-state index in [4.69, 9.17) is 34.8 Å². The second-order valence-electron chi connectivity index (χ2n) is 2.74. The number of hydrogen-bond donors (Lipinski definition) is 1. The molecule has 0 aliphatic carbocycles. The summed E-state index contributed by atoms with van der Waals surface area (Å²) in [6.45, 7) is 0. The second-order valence-corrected chi connectivity index (χ2v) is 7.96. The molecule has 0 aliphatic heterocycles. The first-order valence-electron chi connectivity index (χ1n) is 4.01. The van der Waals surface area contributed by atoms with Crippen molar-refractivity contribution in [3.05, 3.63) is 13.8 Å². The van der Waals surface area contributed by atoms with E-state index in [1.807, 2.05) is 22.6 Å². The number of thiophene rings is 1. The van der Waals surface area contributed by atoms with E-state index in [0.717, 1.165) is 2.88 Å². The van der Waals surface area contributed by atoms with Crippen molar-refractivity contribution in [2.24, 2.45) is 0 Å². The summed E-state index contributed by atoms with van der Waals surface area (Å²) in [5, 5.41) is 2.36. The monoisotopic (exact) mass is 427 g/mol. The summed E-state index contributed by atoms with van der Waals surface area (Å²) in [6.07, 6.45) is 0. The number of esters is 1. The van der Waals surface area contributed by atoms with E-state index in [0.29, 0.717) is 0 Å². The summed E-state index contributed by atoms with van der Waals surface area (Å²) in [5.74, 6) is -1.39. The van der Waals surface area contributed by atoms with E-state index in [9.17, 15) is 9.59 Å². The molecular formula is C8H5Cl3INO3S. The predicted octanol–water partition coefficient (Wildman–Crippen LogP) is 3.45. The lowest BCUT2D eigenvalue weighted by atomic mass is 10.4. The van der Waals surface area contributed by atoms with Gasteiger partial charge in [0, 0.05) is 0 Å². The molecule has 0 unspecified atom stereocenters. The molecule has 9 heteroatoms. The minimum absolute atomic E-state index is 0.250. The van der Waals surface area contributed by atoms with Crippen LogP contribution < -0.4 is 5.32 Å². The molecule has 0 atom stereocenters. The fraction of sp³-hybridized carbons (Fsp3) is 0.250. The molecule has 0 aliphatic rings. The van der Waals surface area contributed by atoms with Crippen molar-refractivity contribution in [3.63, 3.8) is 0 Å². The van der Waals surface area contributed by atoms with Crippen LogP contribution >= 0.6 is 68.7 Å². The zero-order valence-electron chi connectivity index (χ0n) is 8.22. The lowest BCUT2D eigenvalue weighted by molar-refractivity contribution is -0.115. The molecule has 0 radical (unpaired) electrons. The Kier molecular flexibility index (Phi) is 5.33. The van der Waals surface area contributed by atoms with Crippen molar-refractivity contribution in [1.82, 2.24) is 0 Å². The first-order valence-corrected chi connectivity index (χ1v) is 7.04. The fourth-order valence-corrected chi connectivity index (χ4v) is 2.76. The van der Waals surface area contributed by atoms with Gasteiger partial charge in [-0.25, -0.2) is 4.79 Å². The number of halogens is 4. The molecule has 0 aromatic carbocycles. The van der Waals surface area contributed by atoms with Gasteiger partial charge in [0.2, 0.25) is 0 Å². The molecule has 1 rings (SSSR count). The molecule has 4 nitrogen and oxygen atoms in total. The molecule has 1 heterocycles. The lowest BCUT2D eigenvalue weighted by Crippen LogP contribution is -2.27. The van der Waals surface area contributed by atoms with Gasteiger partial charge in [-0.2, -0.15) is 0 Å². The van der Waals surface area contributed by atoms with Crippen LogP contribution in [0.2, 0.25) is 0 Å². The third kappa shape index (κ3) is 4.13. The minimum Gasteiger partial charge on any atom is -0.465 e. The van der Waals surface area contributed by atoms with E-state index in [2.05, 4.69) is 10.1 Å². The number of methoxy groups -OCH3 is 1. The summed E-state index contributed by atoms with van der Waals surface area (Å²) in [7, 11) is 1.25. The standard InChI is InChI=1S/C8H5Cl3INO3S/c1-16-6(14)5-3(2-4(12)17-5)13-7(15)8(9,10)11/h2H,1H3,(H,13,15). The van der Waals surface area contributed by atoms with Gasteiger partial charge in [0.25, 0.3) is 9.70 Å². The summed E-state index contributed by atoms with van der Waals surface area (Å²) >= 11 is 19.4. The van der Waals surface area contributed by atoms with Crippen molar-refractivity contribution in [3.8, 4) is 0 Å². The van der Waals surface area contributed by atoms with Crippen LogP contribution in [-0.2, 0) is 9.53 Å². The highest BCUT2D eigenvalue weighted by Gasteiger charge is 2.32. The Labute approximate surface area is 130 Å². The van der Waals surface area contributed by atoms with Crippen LogP contribution in [0.1, 0.15) is 9.67 Å². The topological polar surface area (TPSA) is 55.4 Å². The molecule has 0 spiro atoms. The Morgan fingerprint density at radius 2 is 2.06 bits per heavy atom. The van der Waals surface area contributed by atoms with Crippen LogP contribution in [0, 0.1) is 2.88 Å². The number of carbonyl (C=O) groups is 2. The first-order chi connectivity index (χ1) is 7.75. The van der Waals surface area contributed by atoms with Crippen LogP contribution in [0.3, 0.4) is 0 Å². The van der Waals surface area contributed by atoms with Gasteiger partial charge in [-0.1, -0.05) is 34.8 Å². The maximum Gasteiger partial charge on any atom is 0.350 e. The molecule has 0 saturated carbocycles. The highest BCUT2D eigenvalue weighted by molar-refractivity contribution is 14.1. The predicted molar refractivity (Wildman–Crippen MR) is 77.3 cm³/mol. The van der Waals surface area contributed by atoms with Crippen molar-refractivity contribution in [2.75, 3.05) is 12.4 Å². The quantitative estimate of drug-likeness (QED) is 0.446. The van der Waals surface area contributed by atoms with Crippen molar-refractivity contribution < 1.29 is 14.3 Å². The molecule has 1 amide bonds. The zero-order chi connectivity index (χ0) is 13.2. The number of anilines is 1. The fourth-order valence-electron chi connectivity index (χ4n) is 0.891. The van der Waals surface area contributed by atoms with E-state index in [1.165, 1.54) is 18.4 Å². The van der Waals surface area contributed by atoms with Crippen molar-refractivity contribution in [2.45, 2.75) is 3.79 Å². The largest absolute Gasteiger partial charge is 0.465 e. The molecule has 1 aromatic heterocycles. The summed E-state index contributed by atoms with van der Waals surface area (Å²) in [5.41, 5.74) is 0.266. The molecule has 17 heavy (non-hydrogen) atoms. The number of rotatable bonds is 2. The molecule has 0 saturated heterocycles. The van der Waals surface area contributed by atoms with E-state index in [-0.39, 0.29) is 10.6 Å². The van der Waals surface area contributed by atoms with Crippen molar-refractivity contribution >= 4 is 86.3 Å². The summed E-state index contributed by atoms with van der Waals surface area (Å²) in [4.78, 5) is 23.1. The van der Waals surface area contributed by atoms with Crippen LogP contribution in [0.25, 0.3) is 0 Å². The highest BCUT2D eigenvalue weighted by atomic mass is 127. The van der Waals surface area contributed by atoms with Crippen LogP contribution in [0.5, 0.6) is 0 Å². The van der Waals surface area contributed by atoms with E-state index < -0.39 is 15.7 Å². The van der Waals surface area contributed by atoms with Gasteiger partial charge >= 0.3 is 5.97 Å². The smallest absolute Gasteiger partial charge is 0.350 e. The van der Waals surface area contributed by atoms with Crippen LogP contribution in [0.4, 0.5) is 5.69 Å². The third-order valence-corrected chi connectivity index (χ3v) is 3.97. The lowest BCUT2D eigenvalue weighted by Gasteiger charge is -2.11. The molecule has 1 N–H and O–H groups in total. The number of carbonyl (C=O) groups excluding carboxylic acids is 2. The number of alkyl halides is 3. The van der Waals surface area contributed by atoms with Crippen LogP contribution in [0.15, 0.2) is 6.07 Å². The third-order valence-electron chi connectivity index (χ3n) is 1.58. The number of amides is 1. The molecule has 1 aromatic rings. The van der Waals surface area contributed by atoms with Gasteiger partial charge < -0.3 is 10.1 Å². The maximum absolute atomic E-state index is 11.4. The van der Waals surface area contributed by atoms with E-state index in [1.54, 1.807) is 6.07 Å².